The van der Waals surface area contributed by atoms with Crippen molar-refractivity contribution in [3.05, 3.63) is 41.3 Å². The number of nitrogens with one attached hydrogen (secondary N) is 1. The van der Waals surface area contributed by atoms with E-state index < -0.39 is 5.82 Å². The van der Waals surface area contributed by atoms with Gasteiger partial charge in [-0.15, -0.1) is 0 Å². The highest BCUT2D eigenvalue weighted by Crippen LogP contribution is 2.23. The fraction of sp³-hybridized carbons (Fsp3) is 0. The number of anilines is 1. The van der Waals surface area contributed by atoms with E-state index in [-0.39, 0.29) is 11.8 Å². The van der Waals surface area contributed by atoms with Crippen LogP contribution in [-0.2, 0) is 0 Å². The number of benzene rings is 1. The first-order valence-corrected chi connectivity index (χ1v) is 4.99. The molecule has 0 saturated carbocycles. The van der Waals surface area contributed by atoms with Crippen molar-refractivity contribution >= 4 is 17.5 Å². The van der Waals surface area contributed by atoms with Crippen LogP contribution in [0.15, 0.2) is 30.5 Å². The van der Waals surface area contributed by atoms with E-state index in [0.29, 0.717) is 10.8 Å². The number of rotatable bonds is 3. The van der Waals surface area contributed by atoms with Crippen molar-refractivity contribution in [2.75, 3.05) is 5.43 Å². The van der Waals surface area contributed by atoms with Crippen LogP contribution in [0, 0.1) is 5.82 Å². The van der Waals surface area contributed by atoms with E-state index in [2.05, 4.69) is 15.4 Å². The number of hydrazine groups is 1. The Bertz CT molecular complexity index is 520. The predicted octanol–water partition coefficient (Wildman–Crippen LogP) is 2.35. The predicted molar refractivity (Wildman–Crippen MR) is 61.3 cm³/mol. The summed E-state index contributed by atoms with van der Waals surface area (Å²) < 4.78 is 18.6. The summed E-state index contributed by atoms with van der Waals surface area (Å²) in [5.74, 6) is 4.69. The molecule has 0 fully saturated rings. The molecule has 1 aromatic carbocycles. The van der Waals surface area contributed by atoms with Gasteiger partial charge in [-0.2, -0.15) is 9.37 Å². The molecule has 0 spiro atoms. The molecule has 1 heterocycles. The van der Waals surface area contributed by atoms with Gasteiger partial charge >= 0.3 is 0 Å². The van der Waals surface area contributed by atoms with Gasteiger partial charge in [-0.1, -0.05) is 11.6 Å². The first kappa shape index (κ1) is 11.6. The van der Waals surface area contributed by atoms with E-state index in [1.165, 1.54) is 0 Å². The van der Waals surface area contributed by atoms with Gasteiger partial charge in [-0.05, 0) is 24.3 Å². The maximum Gasteiger partial charge on any atom is 0.260 e. The van der Waals surface area contributed by atoms with E-state index in [4.69, 9.17) is 22.2 Å². The Morgan fingerprint density at radius 2 is 2.00 bits per heavy atom. The Hall–Kier alpha value is -1.92. The zero-order chi connectivity index (χ0) is 12.3. The highest BCUT2D eigenvalue weighted by molar-refractivity contribution is 6.30. The summed E-state index contributed by atoms with van der Waals surface area (Å²) in [6.45, 7) is 0. The van der Waals surface area contributed by atoms with E-state index in [1.807, 2.05) is 0 Å². The molecule has 0 saturated heterocycles. The summed E-state index contributed by atoms with van der Waals surface area (Å²) in [5, 5.41) is 0.560. The lowest BCUT2D eigenvalue weighted by molar-refractivity contribution is 0.420. The van der Waals surface area contributed by atoms with Gasteiger partial charge < -0.3 is 4.74 Å². The van der Waals surface area contributed by atoms with Gasteiger partial charge in [0.2, 0.25) is 11.8 Å². The molecule has 17 heavy (non-hydrogen) atoms. The normalized spacial score (nSPS) is 10.1. The van der Waals surface area contributed by atoms with Crippen molar-refractivity contribution in [2.24, 2.45) is 5.84 Å². The van der Waals surface area contributed by atoms with Gasteiger partial charge in [0.1, 0.15) is 5.75 Å². The highest BCUT2D eigenvalue weighted by atomic mass is 35.5. The minimum atomic E-state index is -0.682. The minimum Gasteiger partial charge on any atom is -0.436 e. The van der Waals surface area contributed by atoms with Crippen LogP contribution in [0.25, 0.3) is 0 Å². The van der Waals surface area contributed by atoms with Crippen LogP contribution in [0.2, 0.25) is 5.02 Å². The maximum absolute atomic E-state index is 13.3. The van der Waals surface area contributed by atoms with Gasteiger partial charge in [0.25, 0.3) is 5.88 Å². The highest BCUT2D eigenvalue weighted by Gasteiger charge is 2.08. The molecule has 5 nitrogen and oxygen atoms in total. The van der Waals surface area contributed by atoms with Crippen molar-refractivity contribution in [3.63, 3.8) is 0 Å². The molecule has 0 atom stereocenters. The molecular formula is C10H8ClFN4O. The molecule has 1 aromatic heterocycles. The van der Waals surface area contributed by atoms with Crippen LogP contribution < -0.4 is 16.0 Å². The number of hydrogen-bond acceptors (Lipinski definition) is 5. The molecule has 0 unspecified atom stereocenters. The second-order valence-electron chi connectivity index (χ2n) is 3.05. The van der Waals surface area contributed by atoms with Crippen LogP contribution in [0.4, 0.5) is 10.3 Å². The van der Waals surface area contributed by atoms with Crippen molar-refractivity contribution in [3.8, 4) is 11.6 Å². The molecule has 0 aliphatic rings. The van der Waals surface area contributed by atoms with E-state index in [1.54, 1.807) is 24.3 Å². The summed E-state index contributed by atoms with van der Waals surface area (Å²) >= 11 is 5.71. The molecule has 2 aromatic rings. The topological polar surface area (TPSA) is 73.1 Å². The smallest absolute Gasteiger partial charge is 0.260 e. The van der Waals surface area contributed by atoms with Crippen LogP contribution >= 0.6 is 11.6 Å². The summed E-state index contributed by atoms with van der Waals surface area (Å²) in [5.41, 5.74) is 2.20. The molecule has 0 radical (unpaired) electrons. The average Bonchev–Trinajstić information content (AvgIpc) is 2.35. The standard InChI is InChI=1S/C10H8ClFN4O/c11-6-1-3-7(4-2-6)17-9-8(12)5-14-10(15-9)16-13/h1-5H,13H2,(H,14,15,16). The largest absolute Gasteiger partial charge is 0.436 e. The lowest BCUT2D eigenvalue weighted by atomic mass is 10.3. The molecule has 7 heteroatoms. The summed E-state index contributed by atoms with van der Waals surface area (Å²) in [4.78, 5) is 7.32. The van der Waals surface area contributed by atoms with Crippen LogP contribution in [0.3, 0.4) is 0 Å². The third-order valence-corrected chi connectivity index (χ3v) is 2.12. The molecule has 3 N–H and O–H groups in total. The molecule has 0 aliphatic carbocycles. The number of hydrogen-bond donors (Lipinski definition) is 2. The lowest BCUT2D eigenvalue weighted by Gasteiger charge is -2.06. The third-order valence-electron chi connectivity index (χ3n) is 1.87. The van der Waals surface area contributed by atoms with Crippen molar-refractivity contribution < 1.29 is 9.13 Å². The van der Waals surface area contributed by atoms with Gasteiger partial charge in [0.05, 0.1) is 6.20 Å². The fourth-order valence-electron chi connectivity index (χ4n) is 1.11. The van der Waals surface area contributed by atoms with Crippen molar-refractivity contribution in [1.82, 2.24) is 9.97 Å². The Morgan fingerprint density at radius 1 is 1.29 bits per heavy atom. The SMILES string of the molecule is NNc1ncc(F)c(Oc2ccc(Cl)cc2)n1. The van der Waals surface area contributed by atoms with E-state index in [9.17, 15) is 4.39 Å². The Kier molecular flexibility index (Phi) is 3.36. The Labute approximate surface area is 101 Å². The molecule has 88 valence electrons. The molecule has 0 bridgehead atoms. The second-order valence-corrected chi connectivity index (χ2v) is 3.48. The van der Waals surface area contributed by atoms with Crippen molar-refractivity contribution in [2.45, 2.75) is 0 Å². The number of ether oxygens (including phenoxy) is 1. The quantitative estimate of drug-likeness (QED) is 0.650. The number of halogens is 2. The van der Waals surface area contributed by atoms with Crippen molar-refractivity contribution in [1.29, 1.82) is 0 Å². The summed E-state index contributed by atoms with van der Waals surface area (Å²) in [6.07, 6.45) is 0.966. The van der Waals surface area contributed by atoms with Gasteiger partial charge in [0, 0.05) is 5.02 Å². The maximum atomic E-state index is 13.3. The van der Waals surface area contributed by atoms with E-state index >= 15 is 0 Å². The average molecular weight is 255 g/mol. The van der Waals surface area contributed by atoms with Gasteiger partial charge in [-0.3, -0.25) is 5.43 Å². The second kappa shape index (κ2) is 4.94. The third kappa shape index (κ3) is 2.80. The zero-order valence-electron chi connectivity index (χ0n) is 8.52. The molecule has 0 aliphatic heterocycles. The van der Waals surface area contributed by atoms with Crippen LogP contribution in [-0.4, -0.2) is 9.97 Å². The summed E-state index contributed by atoms with van der Waals surface area (Å²) in [6, 6.07) is 6.44. The zero-order valence-corrected chi connectivity index (χ0v) is 9.28. The number of nitrogens with zero attached hydrogens (tertiary/aromatic N) is 2. The molecule has 0 amide bonds. The molecule has 2 rings (SSSR count). The Balaban J connectivity index is 2.25. The van der Waals surface area contributed by atoms with Crippen LogP contribution in [0.5, 0.6) is 11.6 Å². The number of aromatic nitrogens is 2. The number of nitrogen functional groups attached to an aromatic ring is 1. The number of nitrogens with two attached hydrogens (primary N) is 1. The Morgan fingerprint density at radius 3 is 2.65 bits per heavy atom. The minimum absolute atomic E-state index is 0.0652. The lowest BCUT2D eigenvalue weighted by Crippen LogP contribution is -2.11. The molecular weight excluding hydrogens is 247 g/mol. The first-order chi connectivity index (χ1) is 8.19. The van der Waals surface area contributed by atoms with Gasteiger partial charge in [0.15, 0.2) is 0 Å². The fourth-order valence-corrected chi connectivity index (χ4v) is 1.23. The van der Waals surface area contributed by atoms with E-state index in [0.717, 1.165) is 6.20 Å². The van der Waals surface area contributed by atoms with Gasteiger partial charge in [-0.25, -0.2) is 10.8 Å². The van der Waals surface area contributed by atoms with Crippen LogP contribution in [0.1, 0.15) is 0 Å². The summed E-state index contributed by atoms with van der Waals surface area (Å²) in [7, 11) is 0. The first-order valence-electron chi connectivity index (χ1n) is 4.61. The monoisotopic (exact) mass is 254 g/mol.